The number of nitrogens with one attached hydrogen (secondary N) is 1. The molecular weight excluding hydrogens is 370 g/mol. The Kier molecular flexibility index (Phi) is 6.90. The summed E-state index contributed by atoms with van der Waals surface area (Å²) in [5.41, 5.74) is 2.02. The Morgan fingerprint density at radius 2 is 1.93 bits per heavy atom. The average molecular weight is 393 g/mol. The second-order valence-corrected chi connectivity index (χ2v) is 7.22. The van der Waals surface area contributed by atoms with E-state index in [1.807, 2.05) is 13.2 Å². The molecule has 1 atom stereocenters. The van der Waals surface area contributed by atoms with Crippen LogP contribution in [0.15, 0.2) is 21.3 Å². The lowest BCUT2D eigenvalue weighted by Gasteiger charge is -2.15. The number of ether oxygens (including phenoxy) is 1. The molecule has 0 unspecified atom stereocenters. The van der Waals surface area contributed by atoms with E-state index in [9.17, 15) is 14.4 Å². The van der Waals surface area contributed by atoms with Gasteiger partial charge in [0.15, 0.2) is 6.61 Å². The van der Waals surface area contributed by atoms with Crippen molar-refractivity contribution in [1.29, 1.82) is 0 Å². The Labute approximate surface area is 161 Å². The van der Waals surface area contributed by atoms with Crippen LogP contribution in [0, 0.1) is 20.8 Å². The van der Waals surface area contributed by atoms with E-state index in [1.165, 1.54) is 11.8 Å². The van der Waals surface area contributed by atoms with Gasteiger partial charge >= 0.3 is 11.6 Å². The smallest absolute Gasteiger partial charge is 0.339 e. The highest BCUT2D eigenvalue weighted by molar-refractivity contribution is 7.98. The predicted octanol–water partition coefficient (Wildman–Crippen LogP) is 2.42. The quantitative estimate of drug-likeness (QED) is 0.664. The largest absolute Gasteiger partial charge is 0.483 e. The number of aliphatic carboxylic acids is 1. The van der Waals surface area contributed by atoms with Crippen LogP contribution >= 0.6 is 11.8 Å². The molecule has 0 saturated carbocycles. The number of carboxylic acids is 1. The Morgan fingerprint density at radius 1 is 1.22 bits per heavy atom. The second-order valence-electron chi connectivity index (χ2n) is 6.23. The highest BCUT2D eigenvalue weighted by atomic mass is 32.2. The zero-order valence-electron chi connectivity index (χ0n) is 15.8. The number of carboxylic acid groups (broad SMARTS) is 1. The van der Waals surface area contributed by atoms with Gasteiger partial charge in [-0.05, 0) is 56.9 Å². The van der Waals surface area contributed by atoms with E-state index in [2.05, 4.69) is 5.32 Å². The lowest BCUT2D eigenvalue weighted by Crippen LogP contribution is -2.43. The predicted molar refractivity (Wildman–Crippen MR) is 105 cm³/mol. The summed E-state index contributed by atoms with van der Waals surface area (Å²) in [5.74, 6) is -0.573. The van der Waals surface area contributed by atoms with E-state index in [1.54, 1.807) is 26.0 Å². The lowest BCUT2D eigenvalue weighted by molar-refractivity contribution is -0.142. The van der Waals surface area contributed by atoms with Gasteiger partial charge < -0.3 is 19.6 Å². The molecule has 146 valence electrons. The normalized spacial score (nSPS) is 12.0. The molecule has 0 radical (unpaired) electrons. The van der Waals surface area contributed by atoms with Gasteiger partial charge in [0.05, 0.1) is 0 Å². The van der Waals surface area contributed by atoms with Gasteiger partial charge in [-0.1, -0.05) is 0 Å². The van der Waals surface area contributed by atoms with Gasteiger partial charge in [0.1, 0.15) is 17.4 Å². The number of carbonyl (C=O) groups excluding carboxylic acids is 1. The fourth-order valence-electron chi connectivity index (χ4n) is 2.65. The van der Waals surface area contributed by atoms with Crippen molar-refractivity contribution >= 4 is 34.6 Å². The molecule has 0 saturated heterocycles. The first-order valence-corrected chi connectivity index (χ1v) is 9.83. The number of carbonyl (C=O) groups is 2. The Hall–Kier alpha value is -2.48. The van der Waals surface area contributed by atoms with E-state index in [0.717, 1.165) is 10.9 Å². The number of amides is 1. The maximum atomic E-state index is 12.0. The molecule has 1 aromatic heterocycles. The Bertz CT molecular complexity index is 921. The van der Waals surface area contributed by atoms with Crippen molar-refractivity contribution in [2.75, 3.05) is 18.6 Å². The van der Waals surface area contributed by atoms with Crippen molar-refractivity contribution in [2.45, 2.75) is 33.2 Å². The molecular formula is C19H23NO6S. The van der Waals surface area contributed by atoms with Gasteiger partial charge in [-0.2, -0.15) is 11.8 Å². The van der Waals surface area contributed by atoms with Crippen LogP contribution in [0.2, 0.25) is 0 Å². The summed E-state index contributed by atoms with van der Waals surface area (Å²) in [6, 6.07) is 2.54. The molecule has 7 nitrogen and oxygen atoms in total. The molecule has 0 aliphatic rings. The third-order valence-electron chi connectivity index (χ3n) is 4.43. The van der Waals surface area contributed by atoms with Crippen LogP contribution in [0.1, 0.15) is 23.1 Å². The van der Waals surface area contributed by atoms with Gasteiger partial charge in [-0.15, -0.1) is 0 Å². The number of hydrogen-bond donors (Lipinski definition) is 2. The maximum absolute atomic E-state index is 12.0. The van der Waals surface area contributed by atoms with Crippen LogP contribution in [0.5, 0.6) is 5.75 Å². The van der Waals surface area contributed by atoms with Gasteiger partial charge in [-0.3, -0.25) is 4.79 Å². The summed E-state index contributed by atoms with van der Waals surface area (Å²) < 4.78 is 10.9. The molecule has 2 aromatic rings. The monoisotopic (exact) mass is 393 g/mol. The zero-order valence-corrected chi connectivity index (χ0v) is 16.6. The van der Waals surface area contributed by atoms with Crippen molar-refractivity contribution in [3.63, 3.8) is 0 Å². The van der Waals surface area contributed by atoms with Crippen LogP contribution in [-0.2, 0) is 9.59 Å². The molecule has 2 rings (SSSR count). The second kappa shape index (κ2) is 8.94. The average Bonchev–Trinajstić information content (AvgIpc) is 2.63. The number of fused-ring (bicyclic) bond motifs is 1. The van der Waals surface area contributed by atoms with Crippen molar-refractivity contribution in [3.05, 3.63) is 39.2 Å². The van der Waals surface area contributed by atoms with Gasteiger partial charge in [0.25, 0.3) is 5.91 Å². The SMILES string of the molecule is CSCC[C@@H](NC(=O)COc1ccc2c(C)c(C)c(=O)oc2c1C)C(=O)O. The lowest BCUT2D eigenvalue weighted by atomic mass is 10.0. The number of benzene rings is 1. The summed E-state index contributed by atoms with van der Waals surface area (Å²) in [6.45, 7) is 4.97. The molecule has 0 aliphatic carbocycles. The number of aryl methyl sites for hydroxylation is 2. The van der Waals surface area contributed by atoms with Crippen molar-refractivity contribution < 1.29 is 23.8 Å². The van der Waals surface area contributed by atoms with Gasteiger partial charge in [-0.25, -0.2) is 9.59 Å². The molecule has 8 heteroatoms. The zero-order chi connectivity index (χ0) is 20.1. The first-order valence-electron chi connectivity index (χ1n) is 8.43. The Balaban J connectivity index is 2.14. The number of hydrogen-bond acceptors (Lipinski definition) is 6. The molecule has 27 heavy (non-hydrogen) atoms. The maximum Gasteiger partial charge on any atom is 0.339 e. The molecule has 0 spiro atoms. The number of rotatable bonds is 8. The molecule has 0 fully saturated rings. The molecule has 1 aromatic carbocycles. The summed E-state index contributed by atoms with van der Waals surface area (Å²) >= 11 is 1.51. The topological polar surface area (TPSA) is 106 Å². The standard InChI is InChI=1S/C19H23NO6S/c1-10-11(2)19(24)26-17-12(3)15(6-5-13(10)17)25-9-16(21)20-14(18(22)23)7-8-27-4/h5-6,14H,7-9H2,1-4H3,(H,20,21)(H,22,23)/t14-/m1/s1. The molecule has 2 N–H and O–H groups in total. The van der Waals surface area contributed by atoms with Crippen molar-refractivity contribution in [3.8, 4) is 5.75 Å². The summed E-state index contributed by atoms with van der Waals surface area (Å²) in [6.07, 6.45) is 2.20. The van der Waals surface area contributed by atoms with E-state index in [4.69, 9.17) is 14.3 Å². The van der Waals surface area contributed by atoms with Gasteiger partial charge in [0, 0.05) is 16.5 Å². The van der Waals surface area contributed by atoms with E-state index in [-0.39, 0.29) is 6.61 Å². The van der Waals surface area contributed by atoms with E-state index < -0.39 is 23.5 Å². The van der Waals surface area contributed by atoms with Crippen LogP contribution in [-0.4, -0.2) is 41.6 Å². The summed E-state index contributed by atoms with van der Waals surface area (Å²) in [4.78, 5) is 35.2. The third-order valence-corrected chi connectivity index (χ3v) is 5.07. The van der Waals surface area contributed by atoms with Crippen LogP contribution in [0.4, 0.5) is 0 Å². The molecule has 0 bridgehead atoms. The molecule has 0 aliphatic heterocycles. The van der Waals surface area contributed by atoms with Crippen molar-refractivity contribution in [2.24, 2.45) is 0 Å². The summed E-state index contributed by atoms with van der Waals surface area (Å²) in [7, 11) is 0. The first-order chi connectivity index (χ1) is 12.8. The Morgan fingerprint density at radius 3 is 2.56 bits per heavy atom. The van der Waals surface area contributed by atoms with E-state index >= 15 is 0 Å². The fourth-order valence-corrected chi connectivity index (χ4v) is 3.12. The third kappa shape index (κ3) is 4.82. The van der Waals surface area contributed by atoms with Crippen LogP contribution < -0.4 is 15.7 Å². The van der Waals surface area contributed by atoms with E-state index in [0.29, 0.717) is 34.6 Å². The highest BCUT2D eigenvalue weighted by Crippen LogP contribution is 2.29. The highest BCUT2D eigenvalue weighted by Gasteiger charge is 2.20. The van der Waals surface area contributed by atoms with Crippen LogP contribution in [0.3, 0.4) is 0 Å². The minimum absolute atomic E-state index is 0.329. The molecule has 1 amide bonds. The minimum Gasteiger partial charge on any atom is -0.483 e. The number of thioether (sulfide) groups is 1. The fraction of sp³-hybridized carbons (Fsp3) is 0.421. The minimum atomic E-state index is -1.08. The summed E-state index contributed by atoms with van der Waals surface area (Å²) in [5, 5.41) is 12.4. The molecule has 1 heterocycles. The van der Waals surface area contributed by atoms with Gasteiger partial charge in [0.2, 0.25) is 0 Å². The van der Waals surface area contributed by atoms with Crippen LogP contribution in [0.25, 0.3) is 11.0 Å². The first kappa shape index (κ1) is 20.8. The van der Waals surface area contributed by atoms with Crippen molar-refractivity contribution in [1.82, 2.24) is 5.32 Å².